The number of carbonyl (C=O) groups is 2. The first-order valence-corrected chi connectivity index (χ1v) is 8.32. The Morgan fingerprint density at radius 1 is 1.10 bits per heavy atom. The van der Waals surface area contributed by atoms with E-state index in [1.54, 1.807) is 0 Å². The molecule has 4 atom stereocenters. The normalized spacial score (nSPS) is 36.0. The van der Waals surface area contributed by atoms with E-state index in [1.165, 1.54) is 6.42 Å². The van der Waals surface area contributed by atoms with Gasteiger partial charge in [0.15, 0.2) is 0 Å². The SMILES string of the molecule is C[C@@H]1C[C@@H](NC(=O)[C@@H]2CCCC[C@@H]2C(=O)O)CC(C)(C)C1. The Morgan fingerprint density at radius 2 is 1.71 bits per heavy atom. The van der Waals surface area contributed by atoms with E-state index in [0.717, 1.165) is 25.7 Å². The second kappa shape index (κ2) is 6.37. The lowest BCUT2D eigenvalue weighted by molar-refractivity contribution is -0.149. The molecule has 4 nitrogen and oxygen atoms in total. The molecule has 120 valence electrons. The zero-order valence-corrected chi connectivity index (χ0v) is 13.5. The molecular weight excluding hydrogens is 266 g/mol. The third kappa shape index (κ3) is 4.21. The molecule has 0 spiro atoms. The third-order valence-electron chi connectivity index (χ3n) is 5.15. The highest BCUT2D eigenvalue weighted by Gasteiger charge is 2.38. The number of aliphatic carboxylic acids is 1. The maximum atomic E-state index is 12.5. The summed E-state index contributed by atoms with van der Waals surface area (Å²) in [7, 11) is 0. The predicted octanol–water partition coefficient (Wildman–Crippen LogP) is 3.21. The van der Waals surface area contributed by atoms with Crippen molar-refractivity contribution >= 4 is 11.9 Å². The quantitative estimate of drug-likeness (QED) is 0.840. The molecule has 1 amide bonds. The van der Waals surface area contributed by atoms with Crippen molar-refractivity contribution in [1.82, 2.24) is 5.32 Å². The zero-order chi connectivity index (χ0) is 15.6. The van der Waals surface area contributed by atoms with Crippen LogP contribution in [0, 0.1) is 23.2 Å². The number of amides is 1. The second-order valence-corrected chi connectivity index (χ2v) is 7.95. The van der Waals surface area contributed by atoms with Crippen LogP contribution in [0.1, 0.15) is 65.7 Å². The fourth-order valence-electron chi connectivity index (χ4n) is 4.50. The molecule has 0 radical (unpaired) electrons. The van der Waals surface area contributed by atoms with E-state index in [0.29, 0.717) is 18.8 Å². The summed E-state index contributed by atoms with van der Waals surface area (Å²) in [6.07, 6.45) is 6.45. The molecule has 0 aromatic rings. The summed E-state index contributed by atoms with van der Waals surface area (Å²) >= 11 is 0. The molecule has 0 aromatic heterocycles. The number of carboxylic acid groups (broad SMARTS) is 1. The molecule has 2 saturated carbocycles. The Balaban J connectivity index is 1.98. The van der Waals surface area contributed by atoms with E-state index in [9.17, 15) is 14.7 Å². The van der Waals surface area contributed by atoms with Gasteiger partial charge in [0.05, 0.1) is 11.8 Å². The van der Waals surface area contributed by atoms with Crippen molar-refractivity contribution in [3.8, 4) is 0 Å². The maximum absolute atomic E-state index is 12.5. The lowest BCUT2D eigenvalue weighted by Gasteiger charge is -2.40. The van der Waals surface area contributed by atoms with Crippen LogP contribution < -0.4 is 5.32 Å². The Bertz CT molecular complexity index is 405. The second-order valence-electron chi connectivity index (χ2n) is 7.95. The van der Waals surface area contributed by atoms with E-state index in [-0.39, 0.29) is 23.3 Å². The monoisotopic (exact) mass is 295 g/mol. The number of hydrogen-bond acceptors (Lipinski definition) is 2. The van der Waals surface area contributed by atoms with E-state index in [1.807, 2.05) is 0 Å². The van der Waals surface area contributed by atoms with E-state index < -0.39 is 11.9 Å². The van der Waals surface area contributed by atoms with Gasteiger partial charge in [0.2, 0.25) is 5.91 Å². The molecule has 0 heterocycles. The summed E-state index contributed by atoms with van der Waals surface area (Å²) in [6, 6.07) is 0.202. The maximum Gasteiger partial charge on any atom is 0.307 e. The molecule has 0 aliphatic heterocycles. The molecule has 21 heavy (non-hydrogen) atoms. The van der Waals surface area contributed by atoms with Crippen LogP contribution in [-0.2, 0) is 9.59 Å². The summed E-state index contributed by atoms with van der Waals surface area (Å²) in [5.41, 5.74) is 0.258. The number of carboxylic acids is 1. The van der Waals surface area contributed by atoms with Crippen LogP contribution in [0.5, 0.6) is 0 Å². The average molecular weight is 295 g/mol. The molecule has 0 unspecified atom stereocenters. The fraction of sp³-hybridized carbons (Fsp3) is 0.882. The van der Waals surface area contributed by atoms with Gasteiger partial charge >= 0.3 is 5.97 Å². The standard InChI is InChI=1S/C17H29NO3/c1-11-8-12(10-17(2,3)9-11)18-15(19)13-6-4-5-7-14(13)16(20)21/h11-14H,4-10H2,1-3H3,(H,18,19)(H,20,21)/t11-,12-,13-,14+/m1/s1. The van der Waals surface area contributed by atoms with Gasteiger partial charge in [-0.15, -0.1) is 0 Å². The number of carbonyl (C=O) groups excluding carboxylic acids is 1. The Morgan fingerprint density at radius 3 is 2.29 bits per heavy atom. The summed E-state index contributed by atoms with van der Waals surface area (Å²) in [5, 5.41) is 12.5. The van der Waals surface area contributed by atoms with E-state index in [4.69, 9.17) is 0 Å². The van der Waals surface area contributed by atoms with Crippen molar-refractivity contribution in [3.05, 3.63) is 0 Å². The number of nitrogens with one attached hydrogen (secondary N) is 1. The third-order valence-corrected chi connectivity index (χ3v) is 5.15. The van der Waals surface area contributed by atoms with Crippen molar-refractivity contribution in [3.63, 3.8) is 0 Å². The summed E-state index contributed by atoms with van der Waals surface area (Å²) in [5.74, 6) is -1.06. The molecule has 4 heteroatoms. The van der Waals surface area contributed by atoms with Gasteiger partial charge < -0.3 is 10.4 Å². The topological polar surface area (TPSA) is 66.4 Å². The molecule has 2 aliphatic carbocycles. The van der Waals surface area contributed by atoms with Gasteiger partial charge in [-0.25, -0.2) is 0 Å². The van der Waals surface area contributed by atoms with Gasteiger partial charge in [0.1, 0.15) is 0 Å². The minimum absolute atomic E-state index is 0.0306. The first-order chi connectivity index (χ1) is 9.78. The smallest absolute Gasteiger partial charge is 0.307 e. The van der Waals surface area contributed by atoms with Gasteiger partial charge in [0, 0.05) is 6.04 Å². The number of rotatable bonds is 3. The van der Waals surface area contributed by atoms with Crippen molar-refractivity contribution in [1.29, 1.82) is 0 Å². The molecule has 0 aromatic carbocycles. The van der Waals surface area contributed by atoms with Crippen molar-refractivity contribution in [2.45, 2.75) is 71.8 Å². The van der Waals surface area contributed by atoms with Crippen molar-refractivity contribution in [2.24, 2.45) is 23.2 Å². The van der Waals surface area contributed by atoms with Crippen LogP contribution in [0.25, 0.3) is 0 Å². The van der Waals surface area contributed by atoms with Crippen molar-refractivity contribution < 1.29 is 14.7 Å². The molecule has 2 fully saturated rings. The largest absolute Gasteiger partial charge is 0.481 e. The van der Waals surface area contributed by atoms with Gasteiger partial charge in [-0.1, -0.05) is 33.6 Å². The lowest BCUT2D eigenvalue weighted by atomic mass is 9.70. The van der Waals surface area contributed by atoms with E-state index >= 15 is 0 Å². The summed E-state index contributed by atoms with van der Waals surface area (Å²) in [4.78, 5) is 23.9. The Labute approximate surface area is 127 Å². The van der Waals surface area contributed by atoms with Crippen LogP contribution in [0.2, 0.25) is 0 Å². The molecule has 2 rings (SSSR count). The summed E-state index contributed by atoms with van der Waals surface area (Å²) < 4.78 is 0. The fourth-order valence-corrected chi connectivity index (χ4v) is 4.50. The summed E-state index contributed by atoms with van der Waals surface area (Å²) in [6.45, 7) is 6.74. The molecule has 2 aliphatic rings. The number of hydrogen-bond donors (Lipinski definition) is 2. The first-order valence-electron chi connectivity index (χ1n) is 8.32. The highest BCUT2D eigenvalue weighted by Crippen LogP contribution is 2.39. The highest BCUT2D eigenvalue weighted by atomic mass is 16.4. The minimum atomic E-state index is -0.813. The van der Waals surface area contributed by atoms with Crippen LogP contribution in [-0.4, -0.2) is 23.0 Å². The first kappa shape index (κ1) is 16.3. The van der Waals surface area contributed by atoms with Gasteiger partial charge in [-0.05, 0) is 43.4 Å². The van der Waals surface area contributed by atoms with Gasteiger partial charge in [-0.3, -0.25) is 9.59 Å². The molecule has 2 N–H and O–H groups in total. The predicted molar refractivity (Wildman–Crippen MR) is 81.8 cm³/mol. The Hall–Kier alpha value is -1.06. The highest BCUT2D eigenvalue weighted by molar-refractivity contribution is 5.85. The van der Waals surface area contributed by atoms with Crippen LogP contribution in [0.3, 0.4) is 0 Å². The minimum Gasteiger partial charge on any atom is -0.481 e. The van der Waals surface area contributed by atoms with Gasteiger partial charge in [0.25, 0.3) is 0 Å². The van der Waals surface area contributed by atoms with Crippen molar-refractivity contribution in [2.75, 3.05) is 0 Å². The van der Waals surface area contributed by atoms with Gasteiger partial charge in [-0.2, -0.15) is 0 Å². The van der Waals surface area contributed by atoms with Crippen LogP contribution in [0.15, 0.2) is 0 Å². The molecular formula is C17H29NO3. The average Bonchev–Trinajstić information content (AvgIpc) is 2.36. The molecule has 0 bridgehead atoms. The van der Waals surface area contributed by atoms with Crippen LogP contribution >= 0.6 is 0 Å². The lowest BCUT2D eigenvalue weighted by Crippen LogP contribution is -2.47. The zero-order valence-electron chi connectivity index (χ0n) is 13.5. The Kier molecular flexibility index (Phi) is 4.95. The van der Waals surface area contributed by atoms with E-state index in [2.05, 4.69) is 26.1 Å². The molecule has 0 saturated heterocycles. The van der Waals surface area contributed by atoms with Crippen LogP contribution in [0.4, 0.5) is 0 Å².